The molecule has 1 heterocycles. The minimum atomic E-state index is -0.248. The molecule has 1 atom stereocenters. The molecule has 0 aromatic heterocycles. The van der Waals surface area contributed by atoms with E-state index in [4.69, 9.17) is 23.2 Å². The molecule has 5 nitrogen and oxygen atoms in total. The molecule has 0 saturated carbocycles. The highest BCUT2D eigenvalue weighted by molar-refractivity contribution is 8.00. The molecule has 154 valence electrons. The van der Waals surface area contributed by atoms with Gasteiger partial charge in [0, 0.05) is 41.8 Å². The Morgan fingerprint density at radius 1 is 1.00 bits per heavy atom. The number of carbonyl (C=O) groups excluding carboxylic acids is 2. The molecule has 3 rings (SSSR count). The molecule has 1 saturated heterocycles. The van der Waals surface area contributed by atoms with Gasteiger partial charge >= 0.3 is 6.03 Å². The van der Waals surface area contributed by atoms with Crippen molar-refractivity contribution < 1.29 is 9.59 Å². The first-order valence-corrected chi connectivity index (χ1v) is 11.1. The second kappa shape index (κ2) is 10.2. The maximum Gasteiger partial charge on any atom is 0.321 e. The van der Waals surface area contributed by atoms with Crippen molar-refractivity contribution in [3.63, 3.8) is 0 Å². The van der Waals surface area contributed by atoms with Crippen molar-refractivity contribution in [2.24, 2.45) is 0 Å². The molecular weight excluding hydrogens is 429 g/mol. The molecule has 0 aliphatic carbocycles. The quantitative estimate of drug-likeness (QED) is 0.646. The van der Waals surface area contributed by atoms with Crippen molar-refractivity contribution in [3.8, 4) is 0 Å². The normalized spacial score (nSPS) is 15.6. The number of urea groups is 1. The third-order valence-corrected chi connectivity index (χ3v) is 6.50. The summed E-state index contributed by atoms with van der Waals surface area (Å²) in [6.45, 7) is 4.12. The van der Waals surface area contributed by atoms with Gasteiger partial charge in [-0.3, -0.25) is 4.79 Å². The third kappa shape index (κ3) is 6.04. The number of nitrogens with one attached hydrogen (secondary N) is 1. The molecule has 1 aliphatic rings. The van der Waals surface area contributed by atoms with Crippen LogP contribution in [0, 0.1) is 0 Å². The van der Waals surface area contributed by atoms with Crippen LogP contribution in [0.1, 0.15) is 13.3 Å². The van der Waals surface area contributed by atoms with Gasteiger partial charge < -0.3 is 15.1 Å². The van der Waals surface area contributed by atoms with Crippen LogP contribution < -0.4 is 5.32 Å². The van der Waals surface area contributed by atoms with Gasteiger partial charge in [0.25, 0.3) is 0 Å². The number of halogens is 2. The first-order valence-electron chi connectivity index (χ1n) is 9.45. The van der Waals surface area contributed by atoms with Crippen LogP contribution in [-0.2, 0) is 4.79 Å². The van der Waals surface area contributed by atoms with E-state index < -0.39 is 0 Å². The Balaban J connectivity index is 1.55. The predicted octanol–water partition coefficient (Wildman–Crippen LogP) is 5.24. The molecule has 2 aromatic rings. The van der Waals surface area contributed by atoms with Crippen LogP contribution in [0.25, 0.3) is 0 Å². The number of amides is 3. The van der Waals surface area contributed by atoms with E-state index in [0.29, 0.717) is 41.9 Å². The summed E-state index contributed by atoms with van der Waals surface area (Å²) in [5.74, 6) is 0.0621. The molecule has 0 spiro atoms. The fourth-order valence-corrected chi connectivity index (χ4v) is 4.58. The summed E-state index contributed by atoms with van der Waals surface area (Å²) < 4.78 is 0. The first kappa shape index (κ1) is 21.8. The van der Waals surface area contributed by atoms with Crippen LogP contribution >= 0.6 is 35.0 Å². The average molecular weight is 452 g/mol. The third-order valence-electron chi connectivity index (χ3n) is 4.66. The summed E-state index contributed by atoms with van der Waals surface area (Å²) in [6, 6.07) is 14.4. The molecule has 0 radical (unpaired) electrons. The minimum Gasteiger partial charge on any atom is -0.340 e. The van der Waals surface area contributed by atoms with E-state index in [2.05, 4.69) is 5.32 Å². The zero-order valence-electron chi connectivity index (χ0n) is 16.1. The minimum absolute atomic E-state index is 0.0621. The number of rotatable bonds is 4. The summed E-state index contributed by atoms with van der Waals surface area (Å²) in [5, 5.41) is 3.84. The smallest absolute Gasteiger partial charge is 0.321 e. The molecule has 1 N–H and O–H groups in total. The van der Waals surface area contributed by atoms with Crippen LogP contribution in [0.5, 0.6) is 0 Å². The Morgan fingerprint density at radius 3 is 2.48 bits per heavy atom. The van der Waals surface area contributed by atoms with Gasteiger partial charge in [-0.2, -0.15) is 0 Å². The zero-order valence-corrected chi connectivity index (χ0v) is 18.4. The number of thioether (sulfide) groups is 1. The fraction of sp³-hybridized carbons (Fsp3) is 0.333. The van der Waals surface area contributed by atoms with Crippen molar-refractivity contribution in [3.05, 3.63) is 58.6 Å². The first-order chi connectivity index (χ1) is 13.9. The van der Waals surface area contributed by atoms with Gasteiger partial charge in [-0.1, -0.05) is 41.4 Å². The predicted molar refractivity (Wildman–Crippen MR) is 120 cm³/mol. The standard InChI is InChI=1S/C21H23Cl2N3O2S/c1-15(29-19-9-3-2-8-18(19)23)20(27)25-10-5-11-26(13-12-25)21(28)24-17-7-4-6-16(22)14-17/h2-4,6-9,14-15H,5,10-13H2,1H3,(H,24,28). The Hall–Kier alpha value is -1.89. The van der Waals surface area contributed by atoms with Crippen molar-refractivity contribution >= 4 is 52.6 Å². The maximum absolute atomic E-state index is 12.9. The highest BCUT2D eigenvalue weighted by Crippen LogP contribution is 2.31. The summed E-state index contributed by atoms with van der Waals surface area (Å²) in [6.07, 6.45) is 0.734. The SMILES string of the molecule is CC(Sc1ccccc1Cl)C(=O)N1CCCN(C(=O)Nc2cccc(Cl)c2)CC1. The van der Waals surface area contributed by atoms with E-state index in [9.17, 15) is 9.59 Å². The van der Waals surface area contributed by atoms with Gasteiger partial charge in [0.1, 0.15) is 0 Å². The van der Waals surface area contributed by atoms with Gasteiger partial charge in [0.05, 0.1) is 10.3 Å². The summed E-state index contributed by atoms with van der Waals surface area (Å²) in [4.78, 5) is 29.9. The van der Waals surface area contributed by atoms with Crippen molar-refractivity contribution in [1.29, 1.82) is 0 Å². The lowest BCUT2D eigenvalue weighted by molar-refractivity contribution is -0.130. The number of anilines is 1. The zero-order chi connectivity index (χ0) is 20.8. The van der Waals surface area contributed by atoms with E-state index in [1.54, 1.807) is 29.2 Å². The Labute approximate surface area is 185 Å². The van der Waals surface area contributed by atoms with E-state index in [-0.39, 0.29) is 17.2 Å². The second-order valence-electron chi connectivity index (χ2n) is 6.80. The number of hydrogen-bond donors (Lipinski definition) is 1. The number of carbonyl (C=O) groups is 2. The summed E-state index contributed by atoms with van der Waals surface area (Å²) in [5.41, 5.74) is 0.657. The van der Waals surface area contributed by atoms with Gasteiger partial charge in [-0.05, 0) is 43.7 Å². The molecule has 1 fully saturated rings. The van der Waals surface area contributed by atoms with E-state index in [1.165, 1.54) is 11.8 Å². The molecule has 2 aromatic carbocycles. The van der Waals surface area contributed by atoms with Crippen LogP contribution in [0.2, 0.25) is 10.0 Å². The topological polar surface area (TPSA) is 52.7 Å². The maximum atomic E-state index is 12.9. The van der Waals surface area contributed by atoms with Crippen molar-refractivity contribution in [2.45, 2.75) is 23.5 Å². The van der Waals surface area contributed by atoms with Gasteiger partial charge in [0.15, 0.2) is 0 Å². The van der Waals surface area contributed by atoms with Crippen LogP contribution in [0.4, 0.5) is 10.5 Å². The Morgan fingerprint density at radius 2 is 1.72 bits per heavy atom. The van der Waals surface area contributed by atoms with Crippen molar-refractivity contribution in [2.75, 3.05) is 31.5 Å². The van der Waals surface area contributed by atoms with E-state index in [0.717, 1.165) is 11.3 Å². The summed E-state index contributed by atoms with van der Waals surface area (Å²) >= 11 is 13.6. The Bertz CT molecular complexity index is 881. The van der Waals surface area contributed by atoms with E-state index in [1.807, 2.05) is 36.1 Å². The van der Waals surface area contributed by atoms with Crippen molar-refractivity contribution in [1.82, 2.24) is 9.80 Å². The second-order valence-corrected chi connectivity index (χ2v) is 9.02. The largest absolute Gasteiger partial charge is 0.340 e. The molecule has 1 aliphatic heterocycles. The highest BCUT2D eigenvalue weighted by Gasteiger charge is 2.26. The lowest BCUT2D eigenvalue weighted by Crippen LogP contribution is -2.41. The summed E-state index contributed by atoms with van der Waals surface area (Å²) in [7, 11) is 0. The van der Waals surface area contributed by atoms with Gasteiger partial charge in [-0.25, -0.2) is 4.79 Å². The lowest BCUT2D eigenvalue weighted by Gasteiger charge is -2.25. The monoisotopic (exact) mass is 451 g/mol. The van der Waals surface area contributed by atoms with Crippen LogP contribution in [-0.4, -0.2) is 53.2 Å². The van der Waals surface area contributed by atoms with E-state index >= 15 is 0 Å². The number of nitrogens with zero attached hydrogens (tertiary/aromatic N) is 2. The van der Waals surface area contributed by atoms with Crippen LogP contribution in [0.3, 0.4) is 0 Å². The highest BCUT2D eigenvalue weighted by atomic mass is 35.5. The Kier molecular flexibility index (Phi) is 7.70. The molecule has 0 bridgehead atoms. The molecular formula is C21H23Cl2N3O2S. The fourth-order valence-electron chi connectivity index (χ4n) is 3.15. The average Bonchev–Trinajstić information content (AvgIpc) is 2.95. The lowest BCUT2D eigenvalue weighted by atomic mass is 10.3. The van der Waals surface area contributed by atoms with Gasteiger partial charge in [0.2, 0.25) is 5.91 Å². The molecule has 29 heavy (non-hydrogen) atoms. The molecule has 8 heteroatoms. The van der Waals surface area contributed by atoms with Crippen LogP contribution in [0.15, 0.2) is 53.4 Å². The number of benzene rings is 2. The number of hydrogen-bond acceptors (Lipinski definition) is 3. The van der Waals surface area contributed by atoms with Gasteiger partial charge in [-0.15, -0.1) is 11.8 Å². The molecule has 3 amide bonds. The molecule has 1 unspecified atom stereocenters.